The standard InChI is InChI=1S/C26H23N3O6S/c1-3-34-26(33)19-13-21(16-9-5-4-6-10-16)36-25(19)27-23(31)15(2)35-22(30)14-20-17-11-7-8-12-18(17)24(32)29-28-20/h4-13,15H,3,14H2,1-2H3,(H,27,31)(H,29,32). The van der Waals surface area contributed by atoms with Crippen LogP contribution in [0.25, 0.3) is 21.2 Å². The van der Waals surface area contributed by atoms with E-state index in [2.05, 4.69) is 15.5 Å². The van der Waals surface area contributed by atoms with Crippen LogP contribution in [0.15, 0.2) is 65.5 Å². The molecule has 0 spiro atoms. The Morgan fingerprint density at radius 3 is 2.47 bits per heavy atom. The molecule has 2 aromatic carbocycles. The summed E-state index contributed by atoms with van der Waals surface area (Å²) >= 11 is 1.22. The maximum atomic E-state index is 12.8. The molecular formula is C26H23N3O6S. The summed E-state index contributed by atoms with van der Waals surface area (Å²) in [6.45, 7) is 3.31. The topological polar surface area (TPSA) is 127 Å². The fourth-order valence-electron chi connectivity index (χ4n) is 3.54. The fraction of sp³-hybridized carbons (Fsp3) is 0.192. The van der Waals surface area contributed by atoms with E-state index in [1.165, 1.54) is 18.3 Å². The lowest BCUT2D eigenvalue weighted by Crippen LogP contribution is -2.31. The smallest absolute Gasteiger partial charge is 0.341 e. The number of anilines is 1. The van der Waals surface area contributed by atoms with Crippen molar-refractivity contribution in [1.29, 1.82) is 0 Å². The third-order valence-electron chi connectivity index (χ3n) is 5.29. The van der Waals surface area contributed by atoms with Crippen LogP contribution in [0.2, 0.25) is 0 Å². The van der Waals surface area contributed by atoms with Crippen molar-refractivity contribution in [2.75, 3.05) is 11.9 Å². The Morgan fingerprint density at radius 2 is 1.75 bits per heavy atom. The number of hydrogen-bond donors (Lipinski definition) is 2. The highest BCUT2D eigenvalue weighted by atomic mass is 32.1. The minimum absolute atomic E-state index is 0.185. The summed E-state index contributed by atoms with van der Waals surface area (Å²) < 4.78 is 10.4. The lowest BCUT2D eigenvalue weighted by molar-refractivity contribution is -0.152. The van der Waals surface area contributed by atoms with Crippen molar-refractivity contribution in [1.82, 2.24) is 10.2 Å². The fourth-order valence-corrected chi connectivity index (χ4v) is 4.59. The number of ether oxygens (including phenoxy) is 2. The number of nitrogens with zero attached hydrogens (tertiary/aromatic N) is 1. The molecule has 0 aliphatic rings. The quantitative estimate of drug-likeness (QED) is 0.347. The van der Waals surface area contributed by atoms with Crippen LogP contribution in [0.3, 0.4) is 0 Å². The van der Waals surface area contributed by atoms with E-state index < -0.39 is 23.9 Å². The van der Waals surface area contributed by atoms with Crippen molar-refractivity contribution in [3.63, 3.8) is 0 Å². The summed E-state index contributed by atoms with van der Waals surface area (Å²) in [6, 6.07) is 17.9. The van der Waals surface area contributed by atoms with Gasteiger partial charge in [-0.3, -0.25) is 14.4 Å². The molecule has 2 aromatic heterocycles. The number of H-pyrrole nitrogens is 1. The predicted molar refractivity (Wildman–Crippen MR) is 136 cm³/mol. The molecule has 0 aliphatic carbocycles. The number of carbonyl (C=O) groups excluding carboxylic acids is 3. The third kappa shape index (κ3) is 5.49. The molecular weight excluding hydrogens is 482 g/mol. The number of benzene rings is 2. The number of aromatic amines is 1. The van der Waals surface area contributed by atoms with E-state index in [-0.39, 0.29) is 24.2 Å². The van der Waals surface area contributed by atoms with E-state index in [0.717, 1.165) is 10.4 Å². The average Bonchev–Trinajstić information content (AvgIpc) is 3.30. The molecule has 1 unspecified atom stereocenters. The highest BCUT2D eigenvalue weighted by Gasteiger charge is 2.24. The van der Waals surface area contributed by atoms with Crippen LogP contribution in [0.1, 0.15) is 29.9 Å². The first kappa shape index (κ1) is 24.8. The molecule has 0 saturated heterocycles. The molecule has 36 heavy (non-hydrogen) atoms. The van der Waals surface area contributed by atoms with E-state index in [1.807, 2.05) is 30.3 Å². The van der Waals surface area contributed by atoms with Crippen LogP contribution in [0, 0.1) is 0 Å². The van der Waals surface area contributed by atoms with Crippen LogP contribution in [0.5, 0.6) is 0 Å². The van der Waals surface area contributed by atoms with Crippen molar-refractivity contribution in [2.45, 2.75) is 26.4 Å². The summed E-state index contributed by atoms with van der Waals surface area (Å²) in [5.41, 5.74) is 1.07. The average molecular weight is 506 g/mol. The number of aromatic nitrogens is 2. The van der Waals surface area contributed by atoms with Gasteiger partial charge in [-0.15, -0.1) is 11.3 Å². The first-order chi connectivity index (χ1) is 17.4. The summed E-state index contributed by atoms with van der Waals surface area (Å²) in [4.78, 5) is 50.6. The second-order valence-corrected chi connectivity index (χ2v) is 8.84. The minimum atomic E-state index is -1.15. The van der Waals surface area contributed by atoms with Crippen LogP contribution in [0.4, 0.5) is 5.00 Å². The number of hydrogen-bond acceptors (Lipinski definition) is 8. The van der Waals surface area contributed by atoms with Crippen LogP contribution in [-0.4, -0.2) is 40.8 Å². The van der Waals surface area contributed by atoms with E-state index in [4.69, 9.17) is 9.47 Å². The normalized spacial score (nSPS) is 11.6. The summed E-state index contributed by atoms with van der Waals surface area (Å²) in [6.07, 6.45) is -1.39. The molecule has 4 aromatic rings. The van der Waals surface area contributed by atoms with Crippen molar-refractivity contribution < 1.29 is 23.9 Å². The molecule has 10 heteroatoms. The number of amides is 1. The summed E-state index contributed by atoms with van der Waals surface area (Å²) in [5, 5.41) is 10.2. The number of fused-ring (bicyclic) bond motifs is 1. The molecule has 0 bridgehead atoms. The third-order valence-corrected chi connectivity index (χ3v) is 6.39. The molecule has 0 aliphatic heterocycles. The second kappa shape index (κ2) is 11.0. The van der Waals surface area contributed by atoms with E-state index in [9.17, 15) is 19.2 Å². The van der Waals surface area contributed by atoms with Crippen molar-refractivity contribution >= 4 is 45.0 Å². The molecule has 2 heterocycles. The molecule has 4 rings (SSSR count). The maximum absolute atomic E-state index is 12.8. The van der Waals surface area contributed by atoms with E-state index in [0.29, 0.717) is 21.5 Å². The highest BCUT2D eigenvalue weighted by molar-refractivity contribution is 7.20. The van der Waals surface area contributed by atoms with Gasteiger partial charge < -0.3 is 14.8 Å². The van der Waals surface area contributed by atoms with Crippen molar-refractivity contribution in [2.24, 2.45) is 0 Å². The van der Waals surface area contributed by atoms with Gasteiger partial charge in [0.2, 0.25) is 0 Å². The first-order valence-electron chi connectivity index (χ1n) is 11.2. The van der Waals surface area contributed by atoms with E-state index in [1.54, 1.807) is 37.3 Å². The molecule has 0 fully saturated rings. The maximum Gasteiger partial charge on any atom is 0.341 e. The number of esters is 2. The molecule has 1 atom stereocenters. The van der Waals surface area contributed by atoms with Crippen molar-refractivity contribution in [3.8, 4) is 10.4 Å². The van der Waals surface area contributed by atoms with Gasteiger partial charge in [-0.05, 0) is 31.5 Å². The lowest BCUT2D eigenvalue weighted by atomic mass is 10.1. The second-order valence-electron chi connectivity index (χ2n) is 7.78. The number of rotatable bonds is 8. The Morgan fingerprint density at radius 1 is 1.06 bits per heavy atom. The van der Waals surface area contributed by atoms with Gasteiger partial charge in [-0.25, -0.2) is 9.89 Å². The van der Waals surface area contributed by atoms with Gasteiger partial charge in [0, 0.05) is 10.3 Å². The highest BCUT2D eigenvalue weighted by Crippen LogP contribution is 2.36. The zero-order valence-electron chi connectivity index (χ0n) is 19.6. The van der Waals surface area contributed by atoms with E-state index >= 15 is 0 Å². The summed E-state index contributed by atoms with van der Waals surface area (Å²) in [7, 11) is 0. The van der Waals surface area contributed by atoms with Gasteiger partial charge in [-0.2, -0.15) is 5.10 Å². The SMILES string of the molecule is CCOC(=O)c1cc(-c2ccccc2)sc1NC(=O)C(C)OC(=O)Cc1n[nH]c(=O)c2ccccc12. The van der Waals surface area contributed by atoms with Crippen LogP contribution < -0.4 is 10.9 Å². The Labute approximate surface area is 210 Å². The molecule has 0 radical (unpaired) electrons. The van der Waals surface area contributed by atoms with Gasteiger partial charge in [0.05, 0.1) is 29.7 Å². The Bertz CT molecular complexity index is 1480. The summed E-state index contributed by atoms with van der Waals surface area (Å²) in [5.74, 6) is -1.86. The largest absolute Gasteiger partial charge is 0.462 e. The van der Waals surface area contributed by atoms with Gasteiger partial charge >= 0.3 is 11.9 Å². The number of carbonyl (C=O) groups is 3. The molecule has 184 valence electrons. The lowest BCUT2D eigenvalue weighted by Gasteiger charge is -2.13. The monoisotopic (exact) mass is 505 g/mol. The van der Waals surface area contributed by atoms with Crippen LogP contribution >= 0.6 is 11.3 Å². The van der Waals surface area contributed by atoms with Crippen molar-refractivity contribution in [3.05, 3.63) is 82.3 Å². The van der Waals surface area contributed by atoms with Gasteiger partial charge in [0.25, 0.3) is 11.5 Å². The molecule has 9 nitrogen and oxygen atoms in total. The first-order valence-corrected chi connectivity index (χ1v) is 12.0. The Kier molecular flexibility index (Phi) is 7.55. The van der Waals surface area contributed by atoms with Crippen LogP contribution in [-0.2, 0) is 25.5 Å². The number of thiophene rings is 1. The zero-order valence-corrected chi connectivity index (χ0v) is 20.4. The predicted octanol–water partition coefficient (Wildman–Crippen LogP) is 3.94. The van der Waals surface area contributed by atoms with Gasteiger partial charge in [0.15, 0.2) is 6.10 Å². The Hall–Kier alpha value is -4.31. The Balaban J connectivity index is 1.48. The van der Waals surface area contributed by atoms with Gasteiger partial charge in [0.1, 0.15) is 5.00 Å². The number of nitrogens with one attached hydrogen (secondary N) is 2. The van der Waals surface area contributed by atoms with Gasteiger partial charge in [-0.1, -0.05) is 48.5 Å². The molecule has 2 N–H and O–H groups in total. The minimum Gasteiger partial charge on any atom is -0.462 e. The molecule has 1 amide bonds. The molecule has 0 saturated carbocycles. The zero-order chi connectivity index (χ0) is 25.7.